The first-order valence-corrected chi connectivity index (χ1v) is 11.6. The predicted molar refractivity (Wildman–Crippen MR) is 119 cm³/mol. The van der Waals surface area contributed by atoms with Crippen LogP contribution in [0, 0.1) is 0 Å². The molecule has 7 nitrogen and oxygen atoms in total. The van der Waals surface area contributed by atoms with Crippen LogP contribution in [0.3, 0.4) is 0 Å². The number of thioether (sulfide) groups is 1. The summed E-state index contributed by atoms with van der Waals surface area (Å²) in [4.78, 5) is 22.0. The van der Waals surface area contributed by atoms with Crippen molar-refractivity contribution in [3.05, 3.63) is 70.3 Å². The van der Waals surface area contributed by atoms with E-state index < -0.39 is 11.7 Å². The Balaban J connectivity index is 1.40. The van der Waals surface area contributed by atoms with Gasteiger partial charge in [0.2, 0.25) is 11.7 Å². The van der Waals surface area contributed by atoms with Gasteiger partial charge in [-0.15, -0.1) is 0 Å². The predicted octanol–water partition coefficient (Wildman–Crippen LogP) is 4.94. The first kappa shape index (κ1) is 22.6. The van der Waals surface area contributed by atoms with E-state index >= 15 is 0 Å². The van der Waals surface area contributed by atoms with E-state index in [1.807, 2.05) is 6.07 Å². The molecule has 0 spiro atoms. The van der Waals surface area contributed by atoms with Crippen LogP contribution in [-0.4, -0.2) is 32.4 Å². The van der Waals surface area contributed by atoms with Gasteiger partial charge in [-0.25, -0.2) is 4.98 Å². The molecule has 1 fully saturated rings. The summed E-state index contributed by atoms with van der Waals surface area (Å²) in [6.45, 7) is 1.06. The number of rotatable bonds is 6. The maximum absolute atomic E-state index is 13.2. The minimum absolute atomic E-state index is 0.0593. The van der Waals surface area contributed by atoms with Gasteiger partial charge in [0.05, 0.1) is 34.9 Å². The van der Waals surface area contributed by atoms with Crippen molar-refractivity contribution in [3.63, 3.8) is 0 Å². The highest BCUT2D eigenvalue weighted by Gasteiger charge is 2.31. The number of halogens is 3. The van der Waals surface area contributed by atoms with Crippen molar-refractivity contribution >= 4 is 22.7 Å². The maximum atomic E-state index is 13.2. The smallest absolute Gasteiger partial charge is 0.376 e. The van der Waals surface area contributed by atoms with Gasteiger partial charge < -0.3 is 9.26 Å². The number of alkyl halides is 3. The number of hydrogen-bond donors (Lipinski definition) is 0. The standard InChI is InChI=1S/C23H19F3N4O3S/c24-23(25,26)15-6-3-5-14(11-15)20-28-19(33-29-20)13-34-22-27-18-9-2-1-8-17(18)21(31)30(22)12-16-7-4-10-32-16/h1-3,5-6,8-9,11,16H,4,7,10,12-13H2. The van der Waals surface area contributed by atoms with Gasteiger partial charge in [0.25, 0.3) is 5.56 Å². The lowest BCUT2D eigenvalue weighted by Gasteiger charge is -2.16. The molecule has 3 heterocycles. The first-order chi connectivity index (χ1) is 16.4. The van der Waals surface area contributed by atoms with Crippen molar-refractivity contribution in [1.82, 2.24) is 19.7 Å². The molecule has 1 atom stereocenters. The average molecular weight is 488 g/mol. The summed E-state index contributed by atoms with van der Waals surface area (Å²) in [7, 11) is 0. The number of ether oxygens (including phenoxy) is 1. The lowest BCUT2D eigenvalue weighted by Crippen LogP contribution is -2.28. The average Bonchev–Trinajstić information content (AvgIpc) is 3.52. The molecule has 176 valence electrons. The Morgan fingerprint density at radius 2 is 1.97 bits per heavy atom. The quantitative estimate of drug-likeness (QED) is 0.281. The number of para-hydroxylation sites is 1. The van der Waals surface area contributed by atoms with Crippen molar-refractivity contribution in [3.8, 4) is 11.4 Å². The van der Waals surface area contributed by atoms with Crippen LogP contribution in [0.1, 0.15) is 24.3 Å². The fourth-order valence-electron chi connectivity index (χ4n) is 3.80. The summed E-state index contributed by atoms with van der Waals surface area (Å²) in [5.74, 6) is 0.468. The van der Waals surface area contributed by atoms with E-state index in [0.29, 0.717) is 29.2 Å². The van der Waals surface area contributed by atoms with Gasteiger partial charge in [0.15, 0.2) is 5.16 Å². The van der Waals surface area contributed by atoms with Crippen LogP contribution in [0.4, 0.5) is 13.2 Å². The molecule has 0 bridgehead atoms. The van der Waals surface area contributed by atoms with Crippen LogP contribution in [0.2, 0.25) is 0 Å². The van der Waals surface area contributed by atoms with E-state index in [0.717, 1.165) is 25.0 Å². The molecule has 0 radical (unpaired) electrons. The Kier molecular flexibility index (Phi) is 6.13. The third-order valence-corrected chi connectivity index (χ3v) is 6.44. The number of benzene rings is 2. The molecule has 5 rings (SSSR count). The Morgan fingerprint density at radius 3 is 2.76 bits per heavy atom. The first-order valence-electron chi connectivity index (χ1n) is 10.6. The van der Waals surface area contributed by atoms with E-state index in [9.17, 15) is 18.0 Å². The second-order valence-electron chi connectivity index (χ2n) is 7.84. The highest BCUT2D eigenvalue weighted by molar-refractivity contribution is 7.98. The summed E-state index contributed by atoms with van der Waals surface area (Å²) in [5.41, 5.74) is -0.161. The Bertz CT molecular complexity index is 1380. The van der Waals surface area contributed by atoms with E-state index in [1.54, 1.807) is 22.8 Å². The molecule has 1 saturated heterocycles. The second-order valence-corrected chi connectivity index (χ2v) is 8.78. The molecule has 1 aliphatic heterocycles. The number of fused-ring (bicyclic) bond motifs is 1. The van der Waals surface area contributed by atoms with Crippen molar-refractivity contribution in [2.45, 2.75) is 42.6 Å². The van der Waals surface area contributed by atoms with Gasteiger partial charge in [-0.05, 0) is 37.1 Å². The van der Waals surface area contributed by atoms with Crippen LogP contribution < -0.4 is 5.56 Å². The highest BCUT2D eigenvalue weighted by Crippen LogP contribution is 2.32. The third kappa shape index (κ3) is 4.71. The molecule has 0 amide bonds. The lowest BCUT2D eigenvalue weighted by atomic mass is 10.1. The highest BCUT2D eigenvalue weighted by atomic mass is 32.2. The molecular formula is C23H19F3N4O3S. The van der Waals surface area contributed by atoms with Gasteiger partial charge in [-0.3, -0.25) is 9.36 Å². The zero-order valence-electron chi connectivity index (χ0n) is 17.8. The molecule has 4 aromatic rings. The second kappa shape index (κ2) is 9.22. The fourth-order valence-corrected chi connectivity index (χ4v) is 4.65. The van der Waals surface area contributed by atoms with E-state index in [1.165, 1.54) is 23.9 Å². The molecule has 2 aromatic heterocycles. The molecule has 0 N–H and O–H groups in total. The summed E-state index contributed by atoms with van der Waals surface area (Å²) in [6, 6.07) is 11.9. The Morgan fingerprint density at radius 1 is 1.12 bits per heavy atom. The molecule has 11 heteroatoms. The Labute approximate surface area is 196 Å². The van der Waals surface area contributed by atoms with E-state index in [-0.39, 0.29) is 34.7 Å². The van der Waals surface area contributed by atoms with Gasteiger partial charge in [-0.2, -0.15) is 18.2 Å². The minimum atomic E-state index is -4.47. The lowest BCUT2D eigenvalue weighted by molar-refractivity contribution is -0.137. The zero-order chi connectivity index (χ0) is 23.7. The van der Waals surface area contributed by atoms with E-state index in [2.05, 4.69) is 15.1 Å². The number of aromatic nitrogens is 4. The summed E-state index contributed by atoms with van der Waals surface area (Å²) in [6.07, 6.45) is -2.71. The number of hydrogen-bond acceptors (Lipinski definition) is 7. The third-order valence-electron chi connectivity index (χ3n) is 5.48. The van der Waals surface area contributed by atoms with Crippen molar-refractivity contribution < 1.29 is 22.4 Å². The maximum Gasteiger partial charge on any atom is 0.416 e. The van der Waals surface area contributed by atoms with Crippen LogP contribution in [0.5, 0.6) is 0 Å². The summed E-state index contributed by atoms with van der Waals surface area (Å²) < 4.78 is 51.6. The normalized spacial score (nSPS) is 16.4. The molecule has 1 unspecified atom stereocenters. The SMILES string of the molecule is O=c1c2ccccc2nc(SCc2nc(-c3cccc(C(F)(F)F)c3)no2)n1CC1CCCO1. The summed E-state index contributed by atoms with van der Waals surface area (Å²) in [5, 5.41) is 4.83. The van der Waals surface area contributed by atoms with Gasteiger partial charge in [0, 0.05) is 12.2 Å². The molecule has 0 saturated carbocycles. The summed E-state index contributed by atoms with van der Waals surface area (Å²) >= 11 is 1.25. The minimum Gasteiger partial charge on any atom is -0.376 e. The van der Waals surface area contributed by atoms with Crippen LogP contribution >= 0.6 is 11.8 Å². The Hall–Kier alpha value is -3.18. The zero-order valence-corrected chi connectivity index (χ0v) is 18.6. The van der Waals surface area contributed by atoms with E-state index in [4.69, 9.17) is 9.26 Å². The van der Waals surface area contributed by atoms with Crippen LogP contribution in [0.15, 0.2) is 63.0 Å². The van der Waals surface area contributed by atoms with Crippen molar-refractivity contribution in [2.75, 3.05) is 6.61 Å². The van der Waals surface area contributed by atoms with Crippen molar-refractivity contribution in [2.24, 2.45) is 0 Å². The molecule has 0 aliphatic carbocycles. The fraction of sp³-hybridized carbons (Fsp3) is 0.304. The van der Waals surface area contributed by atoms with Crippen LogP contribution in [-0.2, 0) is 23.2 Å². The van der Waals surface area contributed by atoms with Gasteiger partial charge >= 0.3 is 6.18 Å². The number of nitrogens with zero attached hydrogens (tertiary/aromatic N) is 4. The molecule has 2 aromatic carbocycles. The van der Waals surface area contributed by atoms with Gasteiger partial charge in [0.1, 0.15) is 0 Å². The largest absolute Gasteiger partial charge is 0.416 e. The monoisotopic (exact) mass is 488 g/mol. The molecule has 34 heavy (non-hydrogen) atoms. The van der Waals surface area contributed by atoms with Crippen molar-refractivity contribution in [1.29, 1.82) is 0 Å². The van der Waals surface area contributed by atoms with Gasteiger partial charge in [-0.1, -0.05) is 41.2 Å². The molecule has 1 aliphatic rings. The van der Waals surface area contributed by atoms with Crippen LogP contribution in [0.25, 0.3) is 22.3 Å². The molecular weight excluding hydrogens is 469 g/mol. The topological polar surface area (TPSA) is 83.0 Å².